The lowest BCUT2D eigenvalue weighted by Gasteiger charge is -2.16. The smallest absolute Gasteiger partial charge is 0.330 e. The second kappa shape index (κ2) is 8.01. The summed E-state index contributed by atoms with van der Waals surface area (Å²) in [5.41, 5.74) is 0. The summed E-state index contributed by atoms with van der Waals surface area (Å²) in [4.78, 5) is 77.2. The first-order valence-electron chi connectivity index (χ1n) is 6.87. The number of nitrogens with zero attached hydrogens (tertiary/aromatic N) is 2. The van der Waals surface area contributed by atoms with Gasteiger partial charge in [0.2, 0.25) is 0 Å². The lowest BCUT2D eigenvalue weighted by molar-refractivity contribution is -0.203. The second-order valence-corrected chi connectivity index (χ2v) is 4.57. The van der Waals surface area contributed by atoms with Crippen LogP contribution >= 0.6 is 0 Å². The van der Waals surface area contributed by atoms with Crippen LogP contribution in [0.5, 0.6) is 0 Å². The number of hydrogen-bond acceptors (Lipinski definition) is 8. The van der Waals surface area contributed by atoms with Crippen molar-refractivity contribution in [3.05, 3.63) is 0 Å². The molecule has 1 fully saturated rings. The Balaban J connectivity index is 2.44. The lowest BCUT2D eigenvalue weighted by Crippen LogP contribution is -2.37. The Morgan fingerprint density at radius 2 is 1.57 bits per heavy atom. The lowest BCUT2D eigenvalue weighted by atomic mass is 10.3. The average Bonchev–Trinajstić information content (AvgIpc) is 2.81. The molecule has 0 radical (unpaired) electrons. The molecule has 1 aliphatic rings. The molecule has 10 heteroatoms. The van der Waals surface area contributed by atoms with Crippen molar-refractivity contribution in [1.29, 1.82) is 0 Å². The van der Waals surface area contributed by atoms with E-state index in [9.17, 15) is 28.8 Å². The summed E-state index contributed by atoms with van der Waals surface area (Å²) in [5.74, 6) is -4.74. The molecular weight excluding hydrogens is 312 g/mol. The summed E-state index contributed by atoms with van der Waals surface area (Å²) in [5, 5.41) is 0.664. The van der Waals surface area contributed by atoms with Crippen LogP contribution in [0, 0.1) is 0 Å². The van der Waals surface area contributed by atoms with Crippen molar-refractivity contribution in [2.45, 2.75) is 46.0 Å². The summed E-state index contributed by atoms with van der Waals surface area (Å²) in [6, 6.07) is 0. The van der Waals surface area contributed by atoms with Gasteiger partial charge in [-0.05, 0) is 0 Å². The quantitative estimate of drug-likeness (QED) is 0.493. The van der Waals surface area contributed by atoms with E-state index in [0.29, 0.717) is 10.1 Å². The minimum atomic E-state index is -1.00. The van der Waals surface area contributed by atoms with Crippen molar-refractivity contribution in [2.24, 2.45) is 0 Å². The van der Waals surface area contributed by atoms with Crippen molar-refractivity contribution in [3.63, 3.8) is 0 Å². The van der Waals surface area contributed by atoms with Gasteiger partial charge in [-0.25, -0.2) is 9.59 Å². The number of hydroxylamine groups is 4. The van der Waals surface area contributed by atoms with E-state index in [0.717, 1.165) is 6.92 Å². The van der Waals surface area contributed by atoms with Crippen LogP contribution in [0.2, 0.25) is 0 Å². The Morgan fingerprint density at radius 1 is 1.04 bits per heavy atom. The molecule has 0 bridgehead atoms. The molecule has 0 spiro atoms. The maximum atomic E-state index is 11.5. The van der Waals surface area contributed by atoms with Crippen LogP contribution in [0.15, 0.2) is 0 Å². The van der Waals surface area contributed by atoms with Crippen molar-refractivity contribution < 1.29 is 38.4 Å². The largest absolute Gasteiger partial charge is 0.333 e. The second-order valence-electron chi connectivity index (χ2n) is 4.57. The molecule has 0 atom stereocenters. The van der Waals surface area contributed by atoms with E-state index in [1.807, 2.05) is 0 Å². The van der Waals surface area contributed by atoms with Gasteiger partial charge in [0, 0.05) is 26.2 Å². The van der Waals surface area contributed by atoms with E-state index in [2.05, 4.69) is 9.68 Å². The highest BCUT2D eigenvalue weighted by molar-refractivity contribution is 6.01. The van der Waals surface area contributed by atoms with Crippen molar-refractivity contribution >= 4 is 35.6 Å². The molecule has 1 saturated heterocycles. The van der Waals surface area contributed by atoms with Crippen LogP contribution < -0.4 is 0 Å². The molecule has 4 amide bonds. The van der Waals surface area contributed by atoms with E-state index in [1.54, 1.807) is 0 Å². The molecule has 10 nitrogen and oxygen atoms in total. The molecule has 126 valence electrons. The van der Waals surface area contributed by atoms with Crippen LogP contribution in [0.3, 0.4) is 0 Å². The number of carbonyl (C=O) groups excluding carboxylic acids is 6. The predicted molar refractivity (Wildman–Crippen MR) is 70.3 cm³/mol. The summed E-state index contributed by atoms with van der Waals surface area (Å²) in [6.45, 7) is 2.52. The first-order valence-corrected chi connectivity index (χ1v) is 6.87. The molecule has 1 aliphatic heterocycles. The number of amides is 4. The van der Waals surface area contributed by atoms with E-state index >= 15 is 0 Å². The Labute approximate surface area is 131 Å². The van der Waals surface area contributed by atoms with Crippen LogP contribution in [0.25, 0.3) is 0 Å². The van der Waals surface area contributed by atoms with E-state index in [4.69, 9.17) is 0 Å². The maximum absolute atomic E-state index is 11.5. The van der Waals surface area contributed by atoms with Crippen LogP contribution in [-0.4, -0.2) is 45.7 Å². The Hall–Kier alpha value is -2.78. The average molecular weight is 328 g/mol. The molecule has 1 heterocycles. The molecule has 0 N–H and O–H groups in total. The van der Waals surface area contributed by atoms with Gasteiger partial charge in [-0.2, -0.15) is 0 Å². The monoisotopic (exact) mass is 328 g/mol. The van der Waals surface area contributed by atoms with Gasteiger partial charge in [-0.1, -0.05) is 6.92 Å². The van der Waals surface area contributed by atoms with Gasteiger partial charge in [0.1, 0.15) is 0 Å². The first-order chi connectivity index (χ1) is 10.8. The standard InChI is InChI=1S/C13H16N2O8/c1-3-9(17)14(8(2)16)22-12(20)6-7-13(21)23-15-10(18)4-5-11(15)19/h3-7H2,1-2H3. The minimum Gasteiger partial charge on any atom is -0.330 e. The third-order valence-electron chi connectivity index (χ3n) is 2.74. The SMILES string of the molecule is CCC(=O)N(OC(=O)CCC(=O)ON1C(=O)CCC1=O)C(C)=O. The van der Waals surface area contributed by atoms with Crippen molar-refractivity contribution in [1.82, 2.24) is 10.1 Å². The molecule has 1 rings (SSSR count). The number of rotatable bonds is 5. The summed E-state index contributed by atoms with van der Waals surface area (Å²) in [7, 11) is 0. The van der Waals surface area contributed by atoms with Gasteiger partial charge in [-0.3, -0.25) is 19.2 Å². The maximum Gasteiger partial charge on any atom is 0.333 e. The van der Waals surface area contributed by atoms with E-state index in [1.165, 1.54) is 6.92 Å². The van der Waals surface area contributed by atoms with E-state index in [-0.39, 0.29) is 19.3 Å². The Bertz CT molecular complexity index is 540. The van der Waals surface area contributed by atoms with Crippen molar-refractivity contribution in [3.8, 4) is 0 Å². The topological polar surface area (TPSA) is 127 Å². The number of hydrogen-bond donors (Lipinski definition) is 0. The van der Waals surface area contributed by atoms with Gasteiger partial charge < -0.3 is 9.68 Å². The highest BCUT2D eigenvalue weighted by Crippen LogP contribution is 2.13. The highest BCUT2D eigenvalue weighted by Gasteiger charge is 2.33. The molecule has 0 aromatic heterocycles. The fourth-order valence-corrected chi connectivity index (χ4v) is 1.59. The predicted octanol–water partition coefficient (Wildman–Crippen LogP) is -0.383. The van der Waals surface area contributed by atoms with Crippen LogP contribution in [0.4, 0.5) is 0 Å². The molecule has 23 heavy (non-hydrogen) atoms. The molecule has 0 saturated carbocycles. The third kappa shape index (κ3) is 5.16. The van der Waals surface area contributed by atoms with Gasteiger partial charge in [0.15, 0.2) is 0 Å². The van der Waals surface area contributed by atoms with Gasteiger partial charge in [0.05, 0.1) is 12.8 Å². The van der Waals surface area contributed by atoms with Crippen LogP contribution in [-0.2, 0) is 38.4 Å². The molecule has 0 aromatic rings. The molecule has 0 aliphatic carbocycles. The van der Waals surface area contributed by atoms with Crippen LogP contribution in [0.1, 0.15) is 46.0 Å². The third-order valence-corrected chi connectivity index (χ3v) is 2.74. The van der Waals surface area contributed by atoms with Gasteiger partial charge in [-0.15, -0.1) is 10.1 Å². The minimum absolute atomic E-state index is 0.0408. The zero-order valence-corrected chi connectivity index (χ0v) is 12.7. The zero-order valence-electron chi connectivity index (χ0n) is 12.7. The molecule has 0 unspecified atom stereocenters. The van der Waals surface area contributed by atoms with Gasteiger partial charge in [0.25, 0.3) is 23.6 Å². The number of carbonyl (C=O) groups is 6. The summed E-state index contributed by atoms with van der Waals surface area (Å²) >= 11 is 0. The zero-order chi connectivity index (χ0) is 17.6. The fraction of sp³-hybridized carbons (Fsp3) is 0.538. The Morgan fingerprint density at radius 3 is 2.04 bits per heavy atom. The summed E-state index contributed by atoms with van der Waals surface area (Å²) < 4.78 is 0. The van der Waals surface area contributed by atoms with Gasteiger partial charge >= 0.3 is 11.9 Å². The summed E-state index contributed by atoms with van der Waals surface area (Å²) in [6.07, 6.45) is -1.10. The highest BCUT2D eigenvalue weighted by atomic mass is 16.7. The van der Waals surface area contributed by atoms with E-state index < -0.39 is 48.4 Å². The molecular formula is C13H16N2O8. The normalized spacial score (nSPS) is 13.7. The molecule has 0 aromatic carbocycles. The van der Waals surface area contributed by atoms with Crippen molar-refractivity contribution in [2.75, 3.05) is 0 Å². The fourth-order valence-electron chi connectivity index (χ4n) is 1.59. The first kappa shape index (κ1) is 18.3. The number of imide groups is 2. The Kier molecular flexibility index (Phi) is 6.36.